The summed E-state index contributed by atoms with van der Waals surface area (Å²) >= 11 is 2.09. The molecule has 1 unspecified atom stereocenters. The Hall–Kier alpha value is -0.450. The van der Waals surface area contributed by atoms with E-state index in [0.717, 1.165) is 12.3 Å². The zero-order chi connectivity index (χ0) is 11.0. The summed E-state index contributed by atoms with van der Waals surface area (Å²) in [6.07, 6.45) is 5.28. The third-order valence-electron chi connectivity index (χ3n) is 3.52. The Bertz CT molecular complexity index is 346. The number of thioether (sulfide) groups is 1. The molecule has 0 aliphatic carbocycles. The van der Waals surface area contributed by atoms with Gasteiger partial charge in [0.1, 0.15) is 0 Å². The third kappa shape index (κ3) is 1.90. The molecule has 1 aromatic rings. The Balaban J connectivity index is 1.51. The van der Waals surface area contributed by atoms with E-state index in [1.54, 1.807) is 6.26 Å². The molecule has 88 valence electrons. The molecule has 1 spiro atoms. The number of ether oxygens (including phenoxy) is 1. The molecule has 2 saturated heterocycles. The summed E-state index contributed by atoms with van der Waals surface area (Å²) in [6, 6.07) is 2.05. The summed E-state index contributed by atoms with van der Waals surface area (Å²) < 4.78 is 11.0. The minimum atomic E-state index is 0.473. The monoisotopic (exact) mass is 239 g/mol. The first-order chi connectivity index (χ1) is 7.80. The summed E-state index contributed by atoms with van der Waals surface area (Å²) in [5.74, 6) is 1.16. The van der Waals surface area contributed by atoms with Gasteiger partial charge in [0.2, 0.25) is 0 Å². The molecule has 0 aromatic carbocycles. The molecule has 16 heavy (non-hydrogen) atoms. The first-order valence-electron chi connectivity index (χ1n) is 5.70. The van der Waals surface area contributed by atoms with E-state index in [1.165, 1.54) is 25.1 Å². The van der Waals surface area contributed by atoms with Crippen LogP contribution < -0.4 is 0 Å². The topological polar surface area (TPSA) is 25.6 Å². The summed E-state index contributed by atoms with van der Waals surface area (Å²) in [5.41, 5.74) is 1.28. The first kappa shape index (κ1) is 10.7. The van der Waals surface area contributed by atoms with Gasteiger partial charge in [-0.2, -0.15) is 0 Å². The molecule has 2 aliphatic rings. The van der Waals surface area contributed by atoms with Crippen LogP contribution in [0, 0.1) is 0 Å². The van der Waals surface area contributed by atoms with Crippen LogP contribution in [0.4, 0.5) is 0 Å². The van der Waals surface area contributed by atoms with Gasteiger partial charge in [-0.3, -0.25) is 4.90 Å². The van der Waals surface area contributed by atoms with Crippen molar-refractivity contribution < 1.29 is 9.15 Å². The van der Waals surface area contributed by atoms with Crippen LogP contribution in [0.5, 0.6) is 0 Å². The smallest absolute Gasteiger partial charge is 0.0947 e. The van der Waals surface area contributed by atoms with Crippen LogP contribution in [0.3, 0.4) is 0 Å². The third-order valence-corrected chi connectivity index (χ3v) is 5.09. The van der Waals surface area contributed by atoms with Crippen molar-refractivity contribution in [2.45, 2.75) is 23.8 Å². The number of rotatable bonds is 3. The van der Waals surface area contributed by atoms with Crippen LogP contribution >= 0.6 is 11.8 Å². The fourth-order valence-corrected chi connectivity index (χ4v) is 4.34. The van der Waals surface area contributed by atoms with Gasteiger partial charge < -0.3 is 9.15 Å². The maximum atomic E-state index is 5.43. The van der Waals surface area contributed by atoms with Gasteiger partial charge in [-0.1, -0.05) is 0 Å². The van der Waals surface area contributed by atoms with Crippen molar-refractivity contribution >= 4 is 11.8 Å². The maximum Gasteiger partial charge on any atom is 0.0947 e. The molecule has 3 heterocycles. The second kappa shape index (κ2) is 4.09. The van der Waals surface area contributed by atoms with E-state index in [1.807, 2.05) is 19.4 Å². The van der Waals surface area contributed by atoms with E-state index < -0.39 is 0 Å². The number of likely N-dealkylation sites (tertiary alicyclic amines) is 1. The highest BCUT2D eigenvalue weighted by atomic mass is 32.2. The second-order valence-electron chi connectivity index (χ2n) is 4.83. The fourth-order valence-electron chi connectivity index (χ4n) is 2.70. The highest BCUT2D eigenvalue weighted by molar-refractivity contribution is 8.01. The molecule has 3 rings (SSSR count). The average molecular weight is 239 g/mol. The molecule has 3 nitrogen and oxygen atoms in total. The minimum Gasteiger partial charge on any atom is -0.472 e. The van der Waals surface area contributed by atoms with Crippen molar-refractivity contribution in [3.05, 3.63) is 24.2 Å². The van der Waals surface area contributed by atoms with Crippen molar-refractivity contribution in [1.82, 2.24) is 4.90 Å². The SMILES string of the molecule is COC1CSC2(C1)CN(Cc1ccoc1)C2. The van der Waals surface area contributed by atoms with Crippen molar-refractivity contribution in [3.8, 4) is 0 Å². The van der Waals surface area contributed by atoms with Crippen LogP contribution in [0.15, 0.2) is 23.0 Å². The van der Waals surface area contributed by atoms with Gasteiger partial charge in [-0.05, 0) is 12.5 Å². The van der Waals surface area contributed by atoms with E-state index in [0.29, 0.717) is 10.9 Å². The normalized spacial score (nSPS) is 28.4. The Labute approximate surface area is 100 Å². The Morgan fingerprint density at radius 3 is 3.12 bits per heavy atom. The molecule has 1 aromatic heterocycles. The minimum absolute atomic E-state index is 0.473. The molecular weight excluding hydrogens is 222 g/mol. The Morgan fingerprint density at radius 2 is 2.50 bits per heavy atom. The van der Waals surface area contributed by atoms with E-state index in [-0.39, 0.29) is 0 Å². The first-order valence-corrected chi connectivity index (χ1v) is 6.68. The van der Waals surface area contributed by atoms with Crippen molar-refractivity contribution in [2.24, 2.45) is 0 Å². The van der Waals surface area contributed by atoms with Gasteiger partial charge >= 0.3 is 0 Å². The molecule has 2 fully saturated rings. The summed E-state index contributed by atoms with van der Waals surface area (Å²) in [7, 11) is 1.83. The zero-order valence-corrected chi connectivity index (χ0v) is 10.3. The quantitative estimate of drug-likeness (QED) is 0.805. The summed E-state index contributed by atoms with van der Waals surface area (Å²) in [6.45, 7) is 3.42. The van der Waals surface area contributed by atoms with Crippen LogP contribution in [0.2, 0.25) is 0 Å². The van der Waals surface area contributed by atoms with Crippen molar-refractivity contribution in [2.75, 3.05) is 26.0 Å². The predicted molar refractivity (Wildman–Crippen MR) is 64.6 cm³/mol. The summed E-state index contributed by atoms with van der Waals surface area (Å²) in [4.78, 5) is 2.48. The lowest BCUT2D eigenvalue weighted by molar-refractivity contribution is 0.0630. The lowest BCUT2D eigenvalue weighted by Crippen LogP contribution is -2.58. The van der Waals surface area contributed by atoms with Crippen molar-refractivity contribution in [1.29, 1.82) is 0 Å². The molecule has 2 aliphatic heterocycles. The molecule has 0 N–H and O–H groups in total. The van der Waals surface area contributed by atoms with Crippen molar-refractivity contribution in [3.63, 3.8) is 0 Å². The lowest BCUT2D eigenvalue weighted by Gasteiger charge is -2.47. The van der Waals surface area contributed by atoms with Gasteiger partial charge in [-0.25, -0.2) is 0 Å². The molecular formula is C12H17NO2S. The van der Waals surface area contributed by atoms with Crippen LogP contribution in [-0.2, 0) is 11.3 Å². The molecule has 0 saturated carbocycles. The predicted octanol–water partition coefficient (Wildman–Crippen LogP) is 1.99. The molecule has 4 heteroatoms. The van der Waals surface area contributed by atoms with Gasteiger partial charge in [0, 0.05) is 42.8 Å². The van der Waals surface area contributed by atoms with Crippen LogP contribution in [0.1, 0.15) is 12.0 Å². The average Bonchev–Trinajstić information content (AvgIpc) is 2.85. The highest BCUT2D eigenvalue weighted by Gasteiger charge is 2.48. The number of methoxy groups -OCH3 is 1. The van der Waals surface area contributed by atoms with Gasteiger partial charge in [0.25, 0.3) is 0 Å². The number of furan rings is 1. The maximum absolute atomic E-state index is 5.43. The molecule has 1 atom stereocenters. The highest BCUT2D eigenvalue weighted by Crippen LogP contribution is 2.46. The summed E-state index contributed by atoms with van der Waals surface area (Å²) in [5, 5.41) is 0. The standard InChI is InChI=1S/C12H17NO2S/c1-14-11-4-12(16-7-11)8-13(9-12)5-10-2-3-15-6-10/h2-3,6,11H,4-5,7-9H2,1H3. The van der Waals surface area contributed by atoms with Gasteiger partial charge in [0.15, 0.2) is 0 Å². The Kier molecular flexibility index (Phi) is 2.73. The fraction of sp³-hybridized carbons (Fsp3) is 0.667. The lowest BCUT2D eigenvalue weighted by atomic mass is 9.92. The molecule has 0 bridgehead atoms. The largest absolute Gasteiger partial charge is 0.472 e. The van der Waals surface area contributed by atoms with Gasteiger partial charge in [-0.15, -0.1) is 11.8 Å². The number of hydrogen-bond donors (Lipinski definition) is 0. The van der Waals surface area contributed by atoms with E-state index >= 15 is 0 Å². The second-order valence-corrected chi connectivity index (χ2v) is 6.32. The van der Waals surface area contributed by atoms with E-state index in [9.17, 15) is 0 Å². The Morgan fingerprint density at radius 1 is 1.62 bits per heavy atom. The molecule has 0 radical (unpaired) electrons. The van der Waals surface area contributed by atoms with E-state index in [2.05, 4.69) is 16.7 Å². The molecule has 0 amide bonds. The number of hydrogen-bond acceptors (Lipinski definition) is 4. The van der Waals surface area contributed by atoms with Gasteiger partial charge in [0.05, 0.1) is 18.6 Å². The van der Waals surface area contributed by atoms with E-state index in [4.69, 9.17) is 9.15 Å². The number of nitrogens with zero attached hydrogens (tertiary/aromatic N) is 1. The van der Waals surface area contributed by atoms with Crippen LogP contribution in [-0.4, -0.2) is 41.7 Å². The zero-order valence-electron chi connectivity index (χ0n) is 9.52. The van der Waals surface area contributed by atoms with Crippen LogP contribution in [0.25, 0.3) is 0 Å².